The highest BCUT2D eigenvalue weighted by molar-refractivity contribution is 5.67. The van der Waals surface area contributed by atoms with Gasteiger partial charge in [-0.15, -0.1) is 0 Å². The van der Waals surface area contributed by atoms with Crippen molar-refractivity contribution in [1.29, 1.82) is 0 Å². The lowest BCUT2D eigenvalue weighted by molar-refractivity contribution is -0.180. The largest absolute Gasteiger partial charge is 0.455 e. The average molecular weight is 280 g/mol. The first kappa shape index (κ1) is 14.5. The van der Waals surface area contributed by atoms with Gasteiger partial charge in [0, 0.05) is 25.0 Å². The molecule has 108 valence electrons. The van der Waals surface area contributed by atoms with E-state index in [0.29, 0.717) is 11.1 Å². The smallest absolute Gasteiger partial charge is 0.303 e. The van der Waals surface area contributed by atoms with Gasteiger partial charge in [-0.3, -0.25) is 9.59 Å². The van der Waals surface area contributed by atoms with Gasteiger partial charge in [-0.25, -0.2) is 0 Å². The average Bonchev–Trinajstić information content (AvgIpc) is 2.39. The second-order valence-corrected chi connectivity index (χ2v) is 4.67. The van der Waals surface area contributed by atoms with E-state index in [4.69, 9.17) is 9.47 Å². The van der Waals surface area contributed by atoms with E-state index < -0.39 is 36.4 Å². The number of benzene rings is 1. The molecule has 20 heavy (non-hydrogen) atoms. The second kappa shape index (κ2) is 5.60. The Balaban J connectivity index is 2.45. The third-order valence-corrected chi connectivity index (χ3v) is 3.17. The molecular weight excluding hydrogens is 264 g/mol. The number of carbonyl (C=O) groups excluding carboxylic acids is 2. The maximum Gasteiger partial charge on any atom is 0.303 e. The molecule has 0 saturated heterocycles. The Bertz CT molecular complexity index is 479. The van der Waals surface area contributed by atoms with Crippen LogP contribution in [0.5, 0.6) is 0 Å². The molecule has 2 N–H and O–H groups in total. The highest BCUT2D eigenvalue weighted by atomic mass is 16.6. The number of hydrogen-bond donors (Lipinski definition) is 2. The minimum absolute atomic E-state index is 0.520. The maximum absolute atomic E-state index is 11.1. The molecule has 4 unspecified atom stereocenters. The summed E-state index contributed by atoms with van der Waals surface area (Å²) < 4.78 is 10.1. The van der Waals surface area contributed by atoms with Crippen molar-refractivity contribution in [2.45, 2.75) is 38.3 Å². The molecule has 1 aromatic carbocycles. The van der Waals surface area contributed by atoms with E-state index in [0.717, 1.165) is 0 Å². The predicted molar refractivity (Wildman–Crippen MR) is 67.5 cm³/mol. The van der Waals surface area contributed by atoms with Crippen LogP contribution in [0.3, 0.4) is 0 Å². The van der Waals surface area contributed by atoms with E-state index >= 15 is 0 Å². The minimum atomic E-state index is -1.36. The molecule has 1 aromatic rings. The number of esters is 2. The molecule has 6 heteroatoms. The number of carbonyl (C=O) groups is 2. The zero-order valence-corrected chi connectivity index (χ0v) is 11.1. The summed E-state index contributed by atoms with van der Waals surface area (Å²) in [5, 5.41) is 20.2. The highest BCUT2D eigenvalue weighted by Gasteiger charge is 2.44. The molecule has 0 spiro atoms. The second-order valence-electron chi connectivity index (χ2n) is 4.67. The van der Waals surface area contributed by atoms with Gasteiger partial charge in [0.05, 0.1) is 0 Å². The molecule has 4 atom stereocenters. The summed E-state index contributed by atoms with van der Waals surface area (Å²) >= 11 is 0. The molecule has 0 heterocycles. The van der Waals surface area contributed by atoms with Gasteiger partial charge >= 0.3 is 11.9 Å². The molecule has 0 fully saturated rings. The zero-order valence-electron chi connectivity index (χ0n) is 11.1. The molecule has 0 aliphatic heterocycles. The van der Waals surface area contributed by atoms with Crippen LogP contribution in [-0.2, 0) is 19.1 Å². The fourth-order valence-electron chi connectivity index (χ4n) is 2.38. The molecule has 0 saturated carbocycles. The van der Waals surface area contributed by atoms with Gasteiger partial charge in [0.1, 0.15) is 12.2 Å². The van der Waals surface area contributed by atoms with E-state index in [1.165, 1.54) is 13.8 Å². The van der Waals surface area contributed by atoms with Crippen molar-refractivity contribution >= 4 is 11.9 Å². The molecular formula is C14H16O6. The molecule has 1 aliphatic rings. The Hall–Kier alpha value is -1.92. The van der Waals surface area contributed by atoms with E-state index in [1.54, 1.807) is 24.3 Å². The fourth-order valence-corrected chi connectivity index (χ4v) is 2.38. The van der Waals surface area contributed by atoms with Gasteiger partial charge in [0.25, 0.3) is 0 Å². The SMILES string of the molecule is CC(=O)OC1c2ccccc2C(OC(C)=O)C(O)C1O. The Morgan fingerprint density at radius 2 is 1.25 bits per heavy atom. The topological polar surface area (TPSA) is 93.1 Å². The number of aliphatic hydroxyl groups is 2. The lowest BCUT2D eigenvalue weighted by Gasteiger charge is -2.37. The Morgan fingerprint density at radius 1 is 0.900 bits per heavy atom. The monoisotopic (exact) mass is 280 g/mol. The summed E-state index contributed by atoms with van der Waals surface area (Å²) in [6, 6.07) is 6.75. The summed E-state index contributed by atoms with van der Waals surface area (Å²) in [5.41, 5.74) is 1.04. The number of hydrogen-bond acceptors (Lipinski definition) is 6. The molecule has 0 aromatic heterocycles. The summed E-state index contributed by atoms with van der Waals surface area (Å²) in [5.74, 6) is -1.14. The number of ether oxygens (including phenoxy) is 2. The van der Waals surface area contributed by atoms with Crippen LogP contribution in [0.25, 0.3) is 0 Å². The summed E-state index contributed by atoms with van der Waals surface area (Å²) in [7, 11) is 0. The number of rotatable bonds is 2. The van der Waals surface area contributed by atoms with Gasteiger partial charge in [-0.05, 0) is 0 Å². The minimum Gasteiger partial charge on any atom is -0.455 e. The standard InChI is InChI=1S/C14H16O6/c1-7(15)19-13-9-5-3-4-6-10(9)14(20-8(2)16)12(18)11(13)17/h3-6,11-14,17-18H,1-2H3. The molecule has 2 rings (SSSR count). The molecule has 1 aliphatic carbocycles. The third-order valence-electron chi connectivity index (χ3n) is 3.17. The quantitative estimate of drug-likeness (QED) is 0.772. The predicted octanol–water partition coefficient (Wildman–Crippen LogP) is 0.630. The Morgan fingerprint density at radius 3 is 1.55 bits per heavy atom. The van der Waals surface area contributed by atoms with E-state index in [1.807, 2.05) is 0 Å². The van der Waals surface area contributed by atoms with Crippen molar-refractivity contribution in [2.75, 3.05) is 0 Å². The zero-order chi connectivity index (χ0) is 14.9. The van der Waals surface area contributed by atoms with Crippen molar-refractivity contribution < 1.29 is 29.3 Å². The van der Waals surface area contributed by atoms with Crippen LogP contribution in [0.15, 0.2) is 24.3 Å². The van der Waals surface area contributed by atoms with Gasteiger partial charge in [0.15, 0.2) is 12.2 Å². The first-order chi connectivity index (χ1) is 9.41. The van der Waals surface area contributed by atoms with Crippen LogP contribution < -0.4 is 0 Å². The van der Waals surface area contributed by atoms with E-state index in [9.17, 15) is 19.8 Å². The van der Waals surface area contributed by atoms with Crippen molar-refractivity contribution in [3.8, 4) is 0 Å². The van der Waals surface area contributed by atoms with Crippen LogP contribution in [0.4, 0.5) is 0 Å². The number of fused-ring (bicyclic) bond motifs is 1. The normalized spacial score (nSPS) is 28.4. The molecule has 6 nitrogen and oxygen atoms in total. The summed E-state index contributed by atoms with van der Waals surface area (Å²) in [6.07, 6.45) is -4.69. The first-order valence-corrected chi connectivity index (χ1v) is 6.21. The van der Waals surface area contributed by atoms with Gasteiger partial charge < -0.3 is 19.7 Å². The van der Waals surface area contributed by atoms with Gasteiger partial charge in [-0.2, -0.15) is 0 Å². The molecule has 0 amide bonds. The van der Waals surface area contributed by atoms with Crippen LogP contribution >= 0.6 is 0 Å². The maximum atomic E-state index is 11.1. The lowest BCUT2D eigenvalue weighted by Crippen LogP contribution is -2.44. The van der Waals surface area contributed by atoms with Crippen LogP contribution in [0.1, 0.15) is 37.2 Å². The Labute approximate surface area is 115 Å². The Kier molecular flexibility index (Phi) is 4.06. The van der Waals surface area contributed by atoms with Crippen LogP contribution in [-0.4, -0.2) is 34.4 Å². The fraction of sp³-hybridized carbons (Fsp3) is 0.429. The van der Waals surface area contributed by atoms with Crippen molar-refractivity contribution in [3.05, 3.63) is 35.4 Å². The van der Waals surface area contributed by atoms with Crippen molar-refractivity contribution in [1.82, 2.24) is 0 Å². The summed E-state index contributed by atoms with van der Waals surface area (Å²) in [4.78, 5) is 22.3. The molecule has 0 bridgehead atoms. The van der Waals surface area contributed by atoms with E-state index in [-0.39, 0.29) is 0 Å². The summed E-state index contributed by atoms with van der Waals surface area (Å²) in [6.45, 7) is 2.44. The van der Waals surface area contributed by atoms with E-state index in [2.05, 4.69) is 0 Å². The van der Waals surface area contributed by atoms with Gasteiger partial charge in [0.2, 0.25) is 0 Å². The first-order valence-electron chi connectivity index (χ1n) is 6.21. The van der Waals surface area contributed by atoms with Gasteiger partial charge in [-0.1, -0.05) is 24.3 Å². The van der Waals surface area contributed by atoms with Crippen LogP contribution in [0.2, 0.25) is 0 Å². The highest BCUT2D eigenvalue weighted by Crippen LogP contribution is 2.40. The third kappa shape index (κ3) is 2.66. The van der Waals surface area contributed by atoms with Crippen LogP contribution in [0, 0.1) is 0 Å². The van der Waals surface area contributed by atoms with Crippen molar-refractivity contribution in [2.24, 2.45) is 0 Å². The number of aliphatic hydroxyl groups excluding tert-OH is 2. The van der Waals surface area contributed by atoms with Crippen molar-refractivity contribution in [3.63, 3.8) is 0 Å². The molecule has 0 radical (unpaired) electrons. The lowest BCUT2D eigenvalue weighted by atomic mass is 9.83.